The van der Waals surface area contributed by atoms with Gasteiger partial charge in [-0.25, -0.2) is 10.4 Å². The molecule has 0 radical (unpaired) electrons. The Kier molecular flexibility index (Phi) is 4.42. The van der Waals surface area contributed by atoms with Crippen LogP contribution in [0.2, 0.25) is 5.02 Å². The van der Waals surface area contributed by atoms with E-state index < -0.39 is 0 Å². The van der Waals surface area contributed by atoms with Gasteiger partial charge in [-0.15, -0.1) is 0 Å². The first-order valence-corrected chi connectivity index (χ1v) is 6.83. The molecule has 19 heavy (non-hydrogen) atoms. The van der Waals surface area contributed by atoms with Gasteiger partial charge in [0.1, 0.15) is 5.82 Å². The zero-order valence-corrected chi connectivity index (χ0v) is 12.7. The van der Waals surface area contributed by atoms with E-state index in [9.17, 15) is 0 Å². The molecular weight excluding hydrogens is 328 g/mol. The molecule has 1 aromatic carbocycles. The van der Waals surface area contributed by atoms with Crippen LogP contribution < -0.4 is 17.0 Å². The number of aromatic nitrogens is 1. The summed E-state index contributed by atoms with van der Waals surface area (Å²) in [6.45, 7) is 2.02. The standard InChI is InChI=1S/C13H14BrClN4/c1-7-2-3-9(11(14)4-7)12(19-17)10-5-8(15)6-18-13(10)16/h2-6,12,19H,17H2,1H3,(H2,16,18). The van der Waals surface area contributed by atoms with Crippen molar-refractivity contribution in [1.29, 1.82) is 0 Å². The maximum atomic E-state index is 5.97. The summed E-state index contributed by atoms with van der Waals surface area (Å²) in [6.07, 6.45) is 1.51. The van der Waals surface area contributed by atoms with Gasteiger partial charge in [-0.2, -0.15) is 0 Å². The van der Waals surface area contributed by atoms with Crippen LogP contribution in [0.5, 0.6) is 0 Å². The Hall–Kier alpha value is -1.14. The van der Waals surface area contributed by atoms with E-state index in [4.69, 9.17) is 23.2 Å². The van der Waals surface area contributed by atoms with E-state index in [-0.39, 0.29) is 6.04 Å². The van der Waals surface area contributed by atoms with Crippen LogP contribution in [0.3, 0.4) is 0 Å². The topological polar surface area (TPSA) is 77.0 Å². The fraction of sp³-hybridized carbons (Fsp3) is 0.154. The van der Waals surface area contributed by atoms with Gasteiger partial charge in [-0.1, -0.05) is 39.7 Å². The molecule has 4 nitrogen and oxygen atoms in total. The fourth-order valence-electron chi connectivity index (χ4n) is 1.91. The van der Waals surface area contributed by atoms with Crippen LogP contribution in [0, 0.1) is 6.92 Å². The molecule has 0 saturated carbocycles. The molecule has 1 heterocycles. The maximum Gasteiger partial charge on any atom is 0.128 e. The van der Waals surface area contributed by atoms with Gasteiger partial charge in [0, 0.05) is 16.2 Å². The second-order valence-electron chi connectivity index (χ2n) is 4.25. The second-order valence-corrected chi connectivity index (χ2v) is 5.54. The number of nitrogens with one attached hydrogen (secondary N) is 1. The molecule has 2 aromatic rings. The minimum Gasteiger partial charge on any atom is -0.383 e. The first-order chi connectivity index (χ1) is 9.02. The molecule has 0 saturated heterocycles. The Morgan fingerprint density at radius 2 is 2.05 bits per heavy atom. The van der Waals surface area contributed by atoms with Crippen molar-refractivity contribution in [1.82, 2.24) is 10.4 Å². The average molecular weight is 342 g/mol. The van der Waals surface area contributed by atoms with Crippen molar-refractivity contribution in [3.8, 4) is 0 Å². The monoisotopic (exact) mass is 340 g/mol. The molecule has 100 valence electrons. The summed E-state index contributed by atoms with van der Waals surface area (Å²) in [5.74, 6) is 6.07. The molecule has 5 N–H and O–H groups in total. The Bertz CT molecular complexity index is 603. The number of rotatable bonds is 3. The third-order valence-corrected chi connectivity index (χ3v) is 3.75. The summed E-state index contributed by atoms with van der Waals surface area (Å²) in [6, 6.07) is 7.51. The first-order valence-electron chi connectivity index (χ1n) is 5.66. The molecule has 0 fully saturated rings. The minimum atomic E-state index is -0.277. The van der Waals surface area contributed by atoms with E-state index in [1.807, 2.05) is 25.1 Å². The number of pyridine rings is 1. The van der Waals surface area contributed by atoms with E-state index in [0.29, 0.717) is 10.8 Å². The lowest BCUT2D eigenvalue weighted by atomic mass is 9.99. The number of halogens is 2. The Morgan fingerprint density at radius 1 is 1.32 bits per heavy atom. The van der Waals surface area contributed by atoms with Crippen molar-refractivity contribution >= 4 is 33.3 Å². The summed E-state index contributed by atoms with van der Waals surface area (Å²) in [4.78, 5) is 4.06. The number of nitrogens with zero attached hydrogens (tertiary/aromatic N) is 1. The molecule has 0 amide bonds. The molecule has 0 aliphatic heterocycles. The molecule has 0 bridgehead atoms. The SMILES string of the molecule is Cc1ccc(C(NN)c2cc(Cl)cnc2N)c(Br)c1. The molecule has 2 rings (SSSR count). The number of hydrogen-bond donors (Lipinski definition) is 3. The van der Waals surface area contributed by atoms with Crippen molar-refractivity contribution in [2.24, 2.45) is 5.84 Å². The summed E-state index contributed by atoms with van der Waals surface area (Å²) in [7, 11) is 0. The normalized spacial score (nSPS) is 12.4. The number of hydrogen-bond acceptors (Lipinski definition) is 4. The quantitative estimate of drug-likeness (QED) is 0.592. The van der Waals surface area contributed by atoms with Crippen LogP contribution in [0.15, 0.2) is 34.9 Å². The largest absolute Gasteiger partial charge is 0.383 e. The lowest BCUT2D eigenvalue weighted by Crippen LogP contribution is -2.30. The second kappa shape index (κ2) is 5.88. The molecule has 0 aliphatic carbocycles. The highest BCUT2D eigenvalue weighted by molar-refractivity contribution is 9.10. The van der Waals surface area contributed by atoms with Gasteiger partial charge in [0.2, 0.25) is 0 Å². The lowest BCUT2D eigenvalue weighted by molar-refractivity contribution is 0.634. The number of anilines is 1. The Balaban J connectivity index is 2.52. The highest BCUT2D eigenvalue weighted by Gasteiger charge is 2.19. The zero-order valence-electron chi connectivity index (χ0n) is 10.3. The molecule has 1 aromatic heterocycles. The van der Waals surface area contributed by atoms with E-state index >= 15 is 0 Å². The molecule has 1 atom stereocenters. The van der Waals surface area contributed by atoms with Gasteiger partial charge in [-0.05, 0) is 30.2 Å². The molecular formula is C13H14BrClN4. The maximum absolute atomic E-state index is 5.97. The van der Waals surface area contributed by atoms with Gasteiger partial charge in [0.25, 0.3) is 0 Å². The van der Waals surface area contributed by atoms with Gasteiger partial charge >= 0.3 is 0 Å². The number of nitrogens with two attached hydrogens (primary N) is 2. The van der Waals surface area contributed by atoms with Crippen molar-refractivity contribution in [2.45, 2.75) is 13.0 Å². The Morgan fingerprint density at radius 3 is 2.68 bits per heavy atom. The van der Waals surface area contributed by atoms with Crippen LogP contribution in [0.1, 0.15) is 22.7 Å². The highest BCUT2D eigenvalue weighted by atomic mass is 79.9. The fourth-order valence-corrected chi connectivity index (χ4v) is 2.80. The number of hydrazine groups is 1. The van der Waals surface area contributed by atoms with Crippen LogP contribution in [-0.2, 0) is 0 Å². The van der Waals surface area contributed by atoms with Gasteiger partial charge < -0.3 is 5.73 Å². The van der Waals surface area contributed by atoms with Crippen LogP contribution in [-0.4, -0.2) is 4.98 Å². The summed E-state index contributed by atoms with van der Waals surface area (Å²) >= 11 is 9.51. The molecule has 0 aliphatic rings. The number of benzene rings is 1. The van der Waals surface area contributed by atoms with E-state index in [1.54, 1.807) is 6.07 Å². The zero-order chi connectivity index (χ0) is 14.0. The molecule has 1 unspecified atom stereocenters. The third-order valence-electron chi connectivity index (χ3n) is 2.86. The van der Waals surface area contributed by atoms with Gasteiger partial charge in [-0.3, -0.25) is 5.84 Å². The average Bonchev–Trinajstić information content (AvgIpc) is 2.36. The predicted octanol–water partition coefficient (Wildman–Crippen LogP) is 2.94. The van der Waals surface area contributed by atoms with Crippen molar-refractivity contribution in [3.63, 3.8) is 0 Å². The minimum absolute atomic E-state index is 0.277. The molecule has 6 heteroatoms. The van der Waals surface area contributed by atoms with Crippen molar-refractivity contribution < 1.29 is 0 Å². The van der Waals surface area contributed by atoms with Crippen molar-refractivity contribution in [2.75, 3.05) is 5.73 Å². The summed E-state index contributed by atoms with van der Waals surface area (Å²) in [5, 5.41) is 0.521. The first kappa shape index (κ1) is 14.3. The third kappa shape index (κ3) is 3.06. The van der Waals surface area contributed by atoms with Crippen LogP contribution in [0.4, 0.5) is 5.82 Å². The predicted molar refractivity (Wildman–Crippen MR) is 81.7 cm³/mol. The van der Waals surface area contributed by atoms with E-state index in [1.165, 1.54) is 6.20 Å². The summed E-state index contributed by atoms with van der Waals surface area (Å²) < 4.78 is 0.954. The van der Waals surface area contributed by atoms with E-state index in [2.05, 4.69) is 26.3 Å². The smallest absolute Gasteiger partial charge is 0.128 e. The van der Waals surface area contributed by atoms with Gasteiger partial charge in [0.05, 0.1) is 11.1 Å². The number of aryl methyl sites for hydroxylation is 1. The van der Waals surface area contributed by atoms with Crippen molar-refractivity contribution in [3.05, 3.63) is 56.6 Å². The lowest BCUT2D eigenvalue weighted by Gasteiger charge is -2.20. The van der Waals surface area contributed by atoms with Crippen LogP contribution in [0.25, 0.3) is 0 Å². The van der Waals surface area contributed by atoms with E-state index in [0.717, 1.165) is 21.2 Å². The van der Waals surface area contributed by atoms with Crippen LogP contribution >= 0.6 is 27.5 Å². The number of nitrogen functional groups attached to an aromatic ring is 1. The Labute approximate surface area is 125 Å². The summed E-state index contributed by atoms with van der Waals surface area (Å²) in [5.41, 5.74) is 11.5. The molecule has 0 spiro atoms. The highest BCUT2D eigenvalue weighted by Crippen LogP contribution is 2.32. The van der Waals surface area contributed by atoms with Gasteiger partial charge in [0.15, 0.2) is 0 Å².